The SMILES string of the molecule is CCCC(=O)c1cc2c(cc1Br)OCCCO2. The van der Waals surface area contributed by atoms with Gasteiger partial charge in [0.25, 0.3) is 0 Å². The van der Waals surface area contributed by atoms with E-state index in [0.717, 1.165) is 17.3 Å². The van der Waals surface area contributed by atoms with E-state index in [4.69, 9.17) is 9.47 Å². The number of Topliss-reactive ketones (excluding diaryl/α,β-unsaturated/α-hetero) is 1. The van der Waals surface area contributed by atoms with Gasteiger partial charge in [0, 0.05) is 22.9 Å². The fourth-order valence-electron chi connectivity index (χ4n) is 1.76. The van der Waals surface area contributed by atoms with Gasteiger partial charge in [0.05, 0.1) is 13.2 Å². The topological polar surface area (TPSA) is 35.5 Å². The third kappa shape index (κ3) is 2.80. The molecule has 1 aromatic carbocycles. The molecule has 0 fully saturated rings. The van der Waals surface area contributed by atoms with E-state index in [0.29, 0.717) is 36.7 Å². The predicted octanol–water partition coefficient (Wildman–Crippen LogP) is 3.59. The largest absolute Gasteiger partial charge is 0.490 e. The van der Waals surface area contributed by atoms with Crippen molar-refractivity contribution in [3.63, 3.8) is 0 Å². The summed E-state index contributed by atoms with van der Waals surface area (Å²) in [5.41, 5.74) is 0.677. The maximum absolute atomic E-state index is 11.9. The Hall–Kier alpha value is -1.03. The first-order chi connectivity index (χ1) is 8.22. The van der Waals surface area contributed by atoms with Gasteiger partial charge in [-0.05, 0) is 34.5 Å². The second-order valence-electron chi connectivity index (χ2n) is 4.00. The quantitative estimate of drug-likeness (QED) is 0.800. The first-order valence-corrected chi connectivity index (χ1v) is 6.64. The van der Waals surface area contributed by atoms with Gasteiger partial charge in [0.15, 0.2) is 17.3 Å². The van der Waals surface area contributed by atoms with Crippen LogP contribution in [0.5, 0.6) is 11.5 Å². The number of carbonyl (C=O) groups is 1. The van der Waals surface area contributed by atoms with Gasteiger partial charge in [-0.25, -0.2) is 0 Å². The number of halogens is 1. The highest BCUT2D eigenvalue weighted by molar-refractivity contribution is 9.10. The summed E-state index contributed by atoms with van der Waals surface area (Å²) in [5, 5.41) is 0. The molecule has 1 aromatic rings. The lowest BCUT2D eigenvalue weighted by Crippen LogP contribution is -2.01. The summed E-state index contributed by atoms with van der Waals surface area (Å²) in [6.45, 7) is 3.28. The van der Waals surface area contributed by atoms with Gasteiger partial charge in [-0.2, -0.15) is 0 Å². The van der Waals surface area contributed by atoms with Crippen molar-refractivity contribution < 1.29 is 14.3 Å². The summed E-state index contributed by atoms with van der Waals surface area (Å²) in [5.74, 6) is 1.52. The molecule has 0 saturated heterocycles. The van der Waals surface area contributed by atoms with Crippen LogP contribution in [0.3, 0.4) is 0 Å². The Balaban J connectivity index is 2.35. The van der Waals surface area contributed by atoms with Crippen LogP contribution in [0.15, 0.2) is 16.6 Å². The van der Waals surface area contributed by atoms with Crippen molar-refractivity contribution >= 4 is 21.7 Å². The molecule has 3 nitrogen and oxygen atoms in total. The highest BCUT2D eigenvalue weighted by Crippen LogP contribution is 2.35. The Kier molecular flexibility index (Phi) is 4.05. The Bertz CT molecular complexity index is 429. The van der Waals surface area contributed by atoms with Gasteiger partial charge in [-0.15, -0.1) is 0 Å². The molecule has 0 aliphatic carbocycles. The molecule has 0 spiro atoms. The van der Waals surface area contributed by atoms with Crippen LogP contribution in [0, 0.1) is 0 Å². The Morgan fingerprint density at radius 3 is 2.59 bits per heavy atom. The van der Waals surface area contributed by atoms with E-state index in [1.807, 2.05) is 13.0 Å². The molecule has 17 heavy (non-hydrogen) atoms. The maximum Gasteiger partial charge on any atom is 0.164 e. The van der Waals surface area contributed by atoms with E-state index in [2.05, 4.69) is 15.9 Å². The number of hydrogen-bond donors (Lipinski definition) is 0. The van der Waals surface area contributed by atoms with Crippen molar-refractivity contribution in [1.29, 1.82) is 0 Å². The molecule has 0 atom stereocenters. The minimum Gasteiger partial charge on any atom is -0.490 e. The summed E-state index contributed by atoms with van der Waals surface area (Å²) >= 11 is 3.42. The number of rotatable bonds is 3. The number of ether oxygens (including phenoxy) is 2. The molecule has 1 aliphatic rings. The second-order valence-corrected chi connectivity index (χ2v) is 4.86. The first kappa shape index (κ1) is 12.4. The van der Waals surface area contributed by atoms with Gasteiger partial charge < -0.3 is 9.47 Å². The fraction of sp³-hybridized carbons (Fsp3) is 0.462. The van der Waals surface area contributed by atoms with E-state index >= 15 is 0 Å². The fourth-order valence-corrected chi connectivity index (χ4v) is 2.30. The summed E-state index contributed by atoms with van der Waals surface area (Å²) in [6.07, 6.45) is 2.27. The molecule has 0 amide bonds. The molecule has 0 radical (unpaired) electrons. The molecule has 0 N–H and O–H groups in total. The molecule has 1 aliphatic heterocycles. The third-order valence-electron chi connectivity index (χ3n) is 2.61. The predicted molar refractivity (Wildman–Crippen MR) is 69.0 cm³/mol. The lowest BCUT2D eigenvalue weighted by molar-refractivity contribution is 0.0980. The minimum absolute atomic E-state index is 0.134. The third-order valence-corrected chi connectivity index (χ3v) is 3.27. The van der Waals surface area contributed by atoms with Crippen LogP contribution >= 0.6 is 15.9 Å². The molecule has 0 saturated carbocycles. The molecule has 0 unspecified atom stereocenters. The first-order valence-electron chi connectivity index (χ1n) is 5.84. The van der Waals surface area contributed by atoms with E-state index < -0.39 is 0 Å². The van der Waals surface area contributed by atoms with Crippen LogP contribution in [0.4, 0.5) is 0 Å². The van der Waals surface area contributed by atoms with Crippen LogP contribution in [0.2, 0.25) is 0 Å². The lowest BCUT2D eigenvalue weighted by atomic mass is 10.1. The maximum atomic E-state index is 11.9. The van der Waals surface area contributed by atoms with E-state index in [-0.39, 0.29) is 5.78 Å². The Labute approximate surface area is 109 Å². The molecular formula is C13H15BrO3. The zero-order valence-electron chi connectivity index (χ0n) is 9.79. The summed E-state index contributed by atoms with van der Waals surface area (Å²) in [7, 11) is 0. The molecule has 0 aromatic heterocycles. The Morgan fingerprint density at radius 2 is 1.94 bits per heavy atom. The van der Waals surface area contributed by atoms with Crippen molar-refractivity contribution in [2.45, 2.75) is 26.2 Å². The van der Waals surface area contributed by atoms with Gasteiger partial charge in [0.2, 0.25) is 0 Å². The van der Waals surface area contributed by atoms with E-state index in [1.165, 1.54) is 0 Å². The van der Waals surface area contributed by atoms with Crippen LogP contribution in [0.1, 0.15) is 36.5 Å². The monoisotopic (exact) mass is 298 g/mol. The number of benzene rings is 1. The highest BCUT2D eigenvalue weighted by atomic mass is 79.9. The van der Waals surface area contributed by atoms with Crippen molar-refractivity contribution in [2.24, 2.45) is 0 Å². The molecule has 0 bridgehead atoms. The number of carbonyl (C=O) groups excluding carboxylic acids is 1. The molecule has 4 heteroatoms. The second kappa shape index (κ2) is 5.54. The van der Waals surface area contributed by atoms with Crippen LogP contribution < -0.4 is 9.47 Å². The Morgan fingerprint density at radius 1 is 1.29 bits per heavy atom. The minimum atomic E-state index is 0.134. The number of ketones is 1. The molecule has 92 valence electrons. The normalized spacial score (nSPS) is 14.2. The zero-order chi connectivity index (χ0) is 12.3. The van der Waals surface area contributed by atoms with Crippen LogP contribution in [-0.2, 0) is 0 Å². The van der Waals surface area contributed by atoms with Crippen LogP contribution in [0.25, 0.3) is 0 Å². The summed E-state index contributed by atoms with van der Waals surface area (Å²) in [6, 6.07) is 3.60. The molecule has 1 heterocycles. The smallest absolute Gasteiger partial charge is 0.164 e. The van der Waals surface area contributed by atoms with E-state index in [9.17, 15) is 4.79 Å². The molecular weight excluding hydrogens is 284 g/mol. The zero-order valence-corrected chi connectivity index (χ0v) is 11.4. The van der Waals surface area contributed by atoms with Crippen molar-refractivity contribution in [3.05, 3.63) is 22.2 Å². The summed E-state index contributed by atoms with van der Waals surface area (Å²) in [4.78, 5) is 11.9. The van der Waals surface area contributed by atoms with Crippen molar-refractivity contribution in [3.8, 4) is 11.5 Å². The average Bonchev–Trinajstić information content (AvgIpc) is 2.52. The number of hydrogen-bond acceptors (Lipinski definition) is 3. The molecule has 2 rings (SSSR count). The van der Waals surface area contributed by atoms with Gasteiger partial charge >= 0.3 is 0 Å². The van der Waals surface area contributed by atoms with Gasteiger partial charge in [-0.3, -0.25) is 4.79 Å². The highest BCUT2D eigenvalue weighted by Gasteiger charge is 2.17. The standard InChI is InChI=1S/C13H15BrO3/c1-2-4-11(15)9-7-12-13(8-10(9)14)17-6-3-5-16-12/h7-8H,2-6H2,1H3. The van der Waals surface area contributed by atoms with Gasteiger partial charge in [0.1, 0.15) is 0 Å². The van der Waals surface area contributed by atoms with E-state index in [1.54, 1.807) is 6.07 Å². The average molecular weight is 299 g/mol. The number of fused-ring (bicyclic) bond motifs is 1. The van der Waals surface area contributed by atoms with Crippen molar-refractivity contribution in [1.82, 2.24) is 0 Å². The van der Waals surface area contributed by atoms with Crippen LogP contribution in [-0.4, -0.2) is 19.0 Å². The summed E-state index contributed by atoms with van der Waals surface area (Å²) < 4.78 is 11.9. The van der Waals surface area contributed by atoms with Gasteiger partial charge in [-0.1, -0.05) is 6.92 Å². The van der Waals surface area contributed by atoms with Crippen molar-refractivity contribution in [2.75, 3.05) is 13.2 Å². The lowest BCUT2D eigenvalue weighted by Gasteiger charge is -2.10.